The van der Waals surface area contributed by atoms with Crippen molar-refractivity contribution >= 4 is 22.9 Å². The summed E-state index contributed by atoms with van der Waals surface area (Å²) >= 11 is 0. The van der Waals surface area contributed by atoms with Crippen molar-refractivity contribution in [2.45, 2.75) is 25.7 Å². The zero-order valence-corrected chi connectivity index (χ0v) is 19.8. The zero-order chi connectivity index (χ0) is 24.5. The number of hydrogen-bond donors (Lipinski definition) is 2. The van der Waals surface area contributed by atoms with Gasteiger partial charge in [0, 0.05) is 17.2 Å². The molecule has 0 spiro atoms. The molecule has 1 aliphatic carbocycles. The van der Waals surface area contributed by atoms with E-state index in [0.717, 1.165) is 41.6 Å². The highest BCUT2D eigenvalue weighted by Gasteiger charge is 2.24. The number of allylic oxidation sites excluding steroid dienone is 2. The highest BCUT2D eigenvalue weighted by Crippen LogP contribution is 2.37. The third-order valence-electron chi connectivity index (χ3n) is 6.51. The van der Waals surface area contributed by atoms with Gasteiger partial charge in [-0.25, -0.2) is 0 Å². The molecule has 0 bridgehead atoms. The third kappa shape index (κ3) is 3.86. The van der Waals surface area contributed by atoms with Gasteiger partial charge in [-0.1, -0.05) is 53.7 Å². The normalized spacial score (nSPS) is 13.5. The van der Waals surface area contributed by atoms with Gasteiger partial charge in [-0.3, -0.25) is 4.79 Å². The zero-order valence-electron chi connectivity index (χ0n) is 19.8. The fraction of sp³-hybridized carbons (Fsp3) is 0.179. The molecule has 36 heavy (non-hydrogen) atoms. The van der Waals surface area contributed by atoms with E-state index in [-0.39, 0.29) is 5.56 Å². The monoisotopic (exact) mass is 479 g/mol. The van der Waals surface area contributed by atoms with Crippen molar-refractivity contribution in [3.05, 3.63) is 88.9 Å². The van der Waals surface area contributed by atoms with Gasteiger partial charge in [-0.05, 0) is 49.0 Å². The highest BCUT2D eigenvalue weighted by atomic mass is 16.5. The number of rotatable bonds is 6. The van der Waals surface area contributed by atoms with Gasteiger partial charge in [-0.2, -0.15) is 9.61 Å². The Labute approximate surface area is 207 Å². The molecule has 0 fully saturated rings. The van der Waals surface area contributed by atoms with Crippen LogP contribution < -0.4 is 15.6 Å². The molecule has 5 aromatic rings. The average Bonchev–Trinajstić information content (AvgIpc) is 3.58. The molecule has 0 saturated carbocycles. The van der Waals surface area contributed by atoms with Gasteiger partial charge >= 0.3 is 0 Å². The summed E-state index contributed by atoms with van der Waals surface area (Å²) < 4.78 is 11.8. The first kappa shape index (κ1) is 21.9. The maximum absolute atomic E-state index is 14.1. The molecule has 0 amide bonds. The molecular formula is C28H25N5O3. The molecular weight excluding hydrogens is 454 g/mol. The Morgan fingerprint density at radius 3 is 2.53 bits per heavy atom. The van der Waals surface area contributed by atoms with Gasteiger partial charge in [0.15, 0.2) is 5.82 Å². The van der Waals surface area contributed by atoms with Crippen molar-refractivity contribution < 1.29 is 9.26 Å². The molecule has 2 aromatic carbocycles. The molecule has 0 aliphatic heterocycles. The lowest BCUT2D eigenvalue weighted by Crippen LogP contribution is -2.20. The summed E-state index contributed by atoms with van der Waals surface area (Å²) in [6.07, 6.45) is 7.98. The summed E-state index contributed by atoms with van der Waals surface area (Å²) in [4.78, 5) is 17.6. The van der Waals surface area contributed by atoms with E-state index in [9.17, 15) is 4.79 Å². The predicted octanol–water partition coefficient (Wildman–Crippen LogP) is 6.05. The van der Waals surface area contributed by atoms with Crippen molar-refractivity contribution in [2.24, 2.45) is 0 Å². The Morgan fingerprint density at radius 2 is 1.83 bits per heavy atom. The minimum atomic E-state index is -0.236. The van der Waals surface area contributed by atoms with Crippen molar-refractivity contribution in [2.75, 3.05) is 12.4 Å². The van der Waals surface area contributed by atoms with Crippen LogP contribution in [0.1, 0.15) is 31.2 Å². The van der Waals surface area contributed by atoms with Crippen molar-refractivity contribution in [1.29, 1.82) is 0 Å². The SMILES string of the molecule is COc1ccc(-c2c(Nc3ccon3)[nH]c3c(C4=CCCCC4)c(-c4ccccc4)nn3c2=O)cc1. The van der Waals surface area contributed by atoms with E-state index in [4.69, 9.17) is 14.4 Å². The number of benzene rings is 2. The summed E-state index contributed by atoms with van der Waals surface area (Å²) in [7, 11) is 1.61. The Bertz CT molecular complexity index is 1600. The van der Waals surface area contributed by atoms with E-state index in [0.29, 0.717) is 28.6 Å². The second kappa shape index (κ2) is 9.22. The first-order valence-corrected chi connectivity index (χ1v) is 12.0. The minimum absolute atomic E-state index is 0.236. The van der Waals surface area contributed by atoms with Gasteiger partial charge in [0.05, 0.1) is 12.7 Å². The maximum atomic E-state index is 14.1. The Balaban J connectivity index is 1.65. The predicted molar refractivity (Wildman–Crippen MR) is 139 cm³/mol. The smallest absolute Gasteiger partial charge is 0.284 e. The van der Waals surface area contributed by atoms with Gasteiger partial charge in [0.25, 0.3) is 5.56 Å². The molecule has 3 heterocycles. The number of nitrogens with one attached hydrogen (secondary N) is 2. The Morgan fingerprint density at radius 1 is 1.00 bits per heavy atom. The molecule has 6 rings (SSSR count). The first-order valence-electron chi connectivity index (χ1n) is 12.0. The fourth-order valence-corrected chi connectivity index (χ4v) is 4.77. The van der Waals surface area contributed by atoms with Crippen molar-refractivity contribution in [1.82, 2.24) is 19.8 Å². The van der Waals surface area contributed by atoms with E-state index >= 15 is 0 Å². The molecule has 1 aliphatic rings. The van der Waals surface area contributed by atoms with Gasteiger partial charge in [0.1, 0.15) is 29.2 Å². The van der Waals surface area contributed by atoms with Crippen LogP contribution in [-0.2, 0) is 0 Å². The van der Waals surface area contributed by atoms with E-state index < -0.39 is 0 Å². The lowest BCUT2D eigenvalue weighted by Gasteiger charge is -2.15. The van der Waals surface area contributed by atoms with Crippen LogP contribution in [0.3, 0.4) is 0 Å². The topological polar surface area (TPSA) is 97.4 Å². The number of fused-ring (bicyclic) bond motifs is 1. The number of aromatic nitrogens is 4. The molecule has 0 atom stereocenters. The highest BCUT2D eigenvalue weighted by molar-refractivity contribution is 5.89. The van der Waals surface area contributed by atoms with Crippen molar-refractivity contribution in [3.63, 3.8) is 0 Å². The third-order valence-corrected chi connectivity index (χ3v) is 6.51. The second-order valence-electron chi connectivity index (χ2n) is 8.74. The summed E-state index contributed by atoms with van der Waals surface area (Å²) in [6.45, 7) is 0. The molecule has 0 saturated heterocycles. The van der Waals surface area contributed by atoms with E-state index in [1.165, 1.54) is 22.8 Å². The number of ether oxygens (including phenoxy) is 1. The Kier molecular flexibility index (Phi) is 5.61. The second-order valence-corrected chi connectivity index (χ2v) is 8.74. The molecule has 0 radical (unpaired) electrons. The standard InChI is InChI=1S/C28H25N5O3/c1-35-21-14-12-19(13-15-21)24-26(29-22-16-17-36-32-22)30-27-23(18-8-4-2-5-9-18)25(31-33(27)28(24)34)20-10-6-3-7-11-20/h3,6-8,10-17,30H,2,4-5,9H2,1H3,(H,29,32). The number of anilines is 2. The average molecular weight is 480 g/mol. The van der Waals surface area contributed by atoms with Crippen LogP contribution in [0.4, 0.5) is 11.6 Å². The number of hydrogen-bond acceptors (Lipinski definition) is 6. The minimum Gasteiger partial charge on any atom is -0.497 e. The summed E-state index contributed by atoms with van der Waals surface area (Å²) in [5, 5.41) is 12.1. The quantitative estimate of drug-likeness (QED) is 0.307. The van der Waals surface area contributed by atoms with Crippen LogP contribution in [0, 0.1) is 0 Å². The van der Waals surface area contributed by atoms with Crippen LogP contribution >= 0.6 is 0 Å². The molecule has 8 nitrogen and oxygen atoms in total. The van der Waals surface area contributed by atoms with Crippen LogP contribution in [0.15, 0.2) is 82.3 Å². The summed E-state index contributed by atoms with van der Waals surface area (Å²) in [6, 6.07) is 19.1. The van der Waals surface area contributed by atoms with Gasteiger partial charge < -0.3 is 19.6 Å². The molecule has 8 heteroatoms. The summed E-state index contributed by atoms with van der Waals surface area (Å²) in [5.41, 5.74) is 5.50. The fourth-order valence-electron chi connectivity index (χ4n) is 4.77. The lowest BCUT2D eigenvalue weighted by atomic mass is 9.92. The van der Waals surface area contributed by atoms with Crippen LogP contribution in [0.2, 0.25) is 0 Å². The Hall–Kier alpha value is -4.59. The van der Waals surface area contributed by atoms with Crippen molar-refractivity contribution in [3.8, 4) is 28.1 Å². The summed E-state index contributed by atoms with van der Waals surface area (Å²) in [5.74, 6) is 1.72. The lowest BCUT2D eigenvalue weighted by molar-refractivity contribution is 0.415. The van der Waals surface area contributed by atoms with E-state index in [2.05, 4.69) is 21.5 Å². The van der Waals surface area contributed by atoms with Crippen LogP contribution in [0.25, 0.3) is 33.6 Å². The van der Waals surface area contributed by atoms with E-state index in [1.807, 2.05) is 54.6 Å². The molecule has 0 unspecified atom stereocenters. The number of aromatic amines is 1. The van der Waals surface area contributed by atoms with Crippen LogP contribution in [-0.4, -0.2) is 26.9 Å². The largest absolute Gasteiger partial charge is 0.497 e. The number of H-pyrrole nitrogens is 1. The number of methoxy groups -OCH3 is 1. The van der Waals surface area contributed by atoms with Gasteiger partial charge in [0.2, 0.25) is 0 Å². The van der Waals surface area contributed by atoms with Crippen LogP contribution in [0.5, 0.6) is 5.75 Å². The molecule has 180 valence electrons. The van der Waals surface area contributed by atoms with Gasteiger partial charge in [-0.15, -0.1) is 0 Å². The first-order chi connectivity index (χ1) is 17.7. The maximum Gasteiger partial charge on any atom is 0.284 e. The van der Waals surface area contributed by atoms with E-state index in [1.54, 1.807) is 13.2 Å². The molecule has 2 N–H and O–H groups in total. The number of nitrogens with zero attached hydrogens (tertiary/aromatic N) is 3. The molecule has 3 aromatic heterocycles.